The molecule has 0 bridgehead atoms. The third kappa shape index (κ3) is 3.92. The van der Waals surface area contributed by atoms with Gasteiger partial charge in [0.15, 0.2) is 9.84 Å². The van der Waals surface area contributed by atoms with Gasteiger partial charge in [-0.25, -0.2) is 8.42 Å². The number of aryl methyl sites for hydroxylation is 1. The second kappa shape index (κ2) is 5.99. The molecule has 4 nitrogen and oxygen atoms in total. The van der Waals surface area contributed by atoms with Crippen LogP contribution in [-0.4, -0.2) is 20.6 Å². The molecular weight excluding hydrogens is 354 g/mol. The Balaban J connectivity index is 2.23. The van der Waals surface area contributed by atoms with E-state index in [-0.39, 0.29) is 10.8 Å². The summed E-state index contributed by atoms with van der Waals surface area (Å²) in [7, 11) is -3.26. The van der Waals surface area contributed by atoms with Crippen molar-refractivity contribution in [3.05, 3.63) is 58.1 Å². The van der Waals surface area contributed by atoms with Crippen LogP contribution in [0.15, 0.2) is 51.8 Å². The highest BCUT2D eigenvalue weighted by atomic mass is 79.9. The van der Waals surface area contributed by atoms with E-state index in [1.54, 1.807) is 0 Å². The van der Waals surface area contributed by atoms with E-state index in [2.05, 4.69) is 21.2 Å². The highest BCUT2D eigenvalue weighted by Gasteiger charge is 2.11. The van der Waals surface area contributed by atoms with Gasteiger partial charge in [-0.2, -0.15) is 0 Å². The first kappa shape index (κ1) is 15.7. The van der Waals surface area contributed by atoms with Crippen LogP contribution in [0.25, 0.3) is 0 Å². The predicted octanol–water partition coefficient (Wildman–Crippen LogP) is 3.41. The van der Waals surface area contributed by atoms with Crippen molar-refractivity contribution < 1.29 is 13.2 Å². The first-order valence-electron chi connectivity index (χ1n) is 6.15. The zero-order chi connectivity index (χ0) is 15.6. The maximum atomic E-state index is 12.2. The summed E-state index contributed by atoms with van der Waals surface area (Å²) in [5.74, 6) is -0.290. The Morgan fingerprint density at radius 2 is 1.71 bits per heavy atom. The molecule has 0 heterocycles. The zero-order valence-electron chi connectivity index (χ0n) is 11.6. The molecule has 1 amide bonds. The summed E-state index contributed by atoms with van der Waals surface area (Å²) in [6, 6.07) is 11.5. The summed E-state index contributed by atoms with van der Waals surface area (Å²) in [6.07, 6.45) is 1.13. The molecule has 0 aromatic heterocycles. The number of carbonyl (C=O) groups is 1. The smallest absolute Gasteiger partial charge is 0.255 e. The average Bonchev–Trinajstić information content (AvgIpc) is 2.42. The minimum Gasteiger partial charge on any atom is -0.321 e. The van der Waals surface area contributed by atoms with Crippen LogP contribution in [-0.2, 0) is 9.84 Å². The van der Waals surface area contributed by atoms with Gasteiger partial charge in [0.2, 0.25) is 0 Å². The van der Waals surface area contributed by atoms with Gasteiger partial charge in [0.1, 0.15) is 0 Å². The van der Waals surface area contributed by atoms with E-state index in [9.17, 15) is 13.2 Å². The predicted molar refractivity (Wildman–Crippen MR) is 86.4 cm³/mol. The molecule has 0 radical (unpaired) electrons. The Hall–Kier alpha value is -1.66. The number of rotatable bonds is 3. The first-order valence-corrected chi connectivity index (χ1v) is 8.83. The fourth-order valence-electron chi connectivity index (χ4n) is 1.78. The topological polar surface area (TPSA) is 63.2 Å². The quantitative estimate of drug-likeness (QED) is 0.903. The zero-order valence-corrected chi connectivity index (χ0v) is 14.0. The molecule has 2 aromatic rings. The van der Waals surface area contributed by atoms with E-state index in [4.69, 9.17) is 0 Å². The van der Waals surface area contributed by atoms with Crippen molar-refractivity contribution in [2.75, 3.05) is 11.6 Å². The summed E-state index contributed by atoms with van der Waals surface area (Å²) >= 11 is 3.38. The number of nitrogens with one attached hydrogen (secondary N) is 1. The summed E-state index contributed by atoms with van der Waals surface area (Å²) in [5.41, 5.74) is 2.10. The maximum Gasteiger partial charge on any atom is 0.255 e. The van der Waals surface area contributed by atoms with Crippen molar-refractivity contribution in [2.45, 2.75) is 11.8 Å². The van der Waals surface area contributed by atoms with Gasteiger partial charge in [-0.3, -0.25) is 4.79 Å². The van der Waals surface area contributed by atoms with Gasteiger partial charge in [-0.15, -0.1) is 0 Å². The molecule has 0 saturated heterocycles. The molecule has 0 atom stereocenters. The van der Waals surface area contributed by atoms with Crippen LogP contribution in [0.4, 0.5) is 5.69 Å². The fourth-order valence-corrected chi connectivity index (χ4v) is 2.76. The first-order chi connectivity index (χ1) is 9.77. The molecular formula is C15H14BrNO3S. The summed E-state index contributed by atoms with van der Waals surface area (Å²) < 4.78 is 23.5. The second-order valence-electron chi connectivity index (χ2n) is 4.73. The lowest BCUT2D eigenvalue weighted by molar-refractivity contribution is 0.102. The minimum atomic E-state index is -3.26. The molecule has 2 aromatic carbocycles. The summed E-state index contributed by atoms with van der Waals surface area (Å²) in [6.45, 7) is 1.93. The molecule has 1 N–H and O–H groups in total. The lowest BCUT2D eigenvalue weighted by atomic mass is 10.2. The molecule has 110 valence electrons. The van der Waals surface area contributed by atoms with Crippen LogP contribution in [0.3, 0.4) is 0 Å². The molecule has 0 aliphatic heterocycles. The molecule has 0 aliphatic carbocycles. The Morgan fingerprint density at radius 1 is 1.10 bits per heavy atom. The summed E-state index contributed by atoms with van der Waals surface area (Å²) in [4.78, 5) is 12.3. The molecule has 21 heavy (non-hydrogen) atoms. The van der Waals surface area contributed by atoms with Gasteiger partial charge in [0.05, 0.1) is 10.6 Å². The van der Waals surface area contributed by atoms with Crippen molar-refractivity contribution in [1.82, 2.24) is 0 Å². The van der Waals surface area contributed by atoms with Gasteiger partial charge < -0.3 is 5.32 Å². The van der Waals surface area contributed by atoms with Crippen LogP contribution in [0.1, 0.15) is 15.9 Å². The molecule has 0 fully saturated rings. The Bertz CT molecular complexity index is 783. The lowest BCUT2D eigenvalue weighted by Gasteiger charge is -2.09. The van der Waals surface area contributed by atoms with E-state index < -0.39 is 9.84 Å². The maximum absolute atomic E-state index is 12.2. The normalized spacial score (nSPS) is 11.2. The molecule has 0 aliphatic rings. The van der Waals surface area contributed by atoms with Crippen LogP contribution in [0.2, 0.25) is 0 Å². The molecule has 2 rings (SSSR count). The average molecular weight is 368 g/mol. The minimum absolute atomic E-state index is 0.191. The van der Waals surface area contributed by atoms with E-state index in [1.807, 2.05) is 25.1 Å². The molecule has 0 spiro atoms. The van der Waals surface area contributed by atoms with Gasteiger partial charge in [0.25, 0.3) is 5.91 Å². The Morgan fingerprint density at radius 3 is 2.29 bits per heavy atom. The number of hydrogen-bond donors (Lipinski definition) is 1. The third-order valence-corrected chi connectivity index (χ3v) is 4.73. The summed E-state index contributed by atoms with van der Waals surface area (Å²) in [5, 5.41) is 2.79. The van der Waals surface area contributed by atoms with Crippen molar-refractivity contribution in [2.24, 2.45) is 0 Å². The van der Waals surface area contributed by atoms with E-state index in [0.717, 1.165) is 16.3 Å². The number of halogens is 1. The lowest BCUT2D eigenvalue weighted by Crippen LogP contribution is -2.12. The number of amides is 1. The monoisotopic (exact) mass is 367 g/mol. The highest BCUT2D eigenvalue weighted by Crippen LogP contribution is 2.24. The number of benzene rings is 2. The van der Waals surface area contributed by atoms with Crippen LogP contribution < -0.4 is 5.32 Å². The molecule has 6 heteroatoms. The van der Waals surface area contributed by atoms with Crippen molar-refractivity contribution in [3.8, 4) is 0 Å². The van der Waals surface area contributed by atoms with Crippen LogP contribution >= 0.6 is 15.9 Å². The Labute approximate surface area is 132 Å². The van der Waals surface area contributed by atoms with Crippen molar-refractivity contribution >= 4 is 37.4 Å². The number of anilines is 1. The van der Waals surface area contributed by atoms with Crippen molar-refractivity contribution in [3.63, 3.8) is 0 Å². The SMILES string of the molecule is Cc1ccc(Br)c(NC(=O)c2ccc(S(C)(=O)=O)cc2)c1. The second-order valence-corrected chi connectivity index (χ2v) is 7.60. The third-order valence-electron chi connectivity index (χ3n) is 2.91. The largest absolute Gasteiger partial charge is 0.321 e. The Kier molecular flexibility index (Phi) is 4.49. The van der Waals surface area contributed by atoms with Gasteiger partial charge in [-0.1, -0.05) is 6.07 Å². The number of hydrogen-bond acceptors (Lipinski definition) is 3. The number of carbonyl (C=O) groups excluding carboxylic acids is 1. The molecule has 0 saturated carbocycles. The van der Waals surface area contributed by atoms with Crippen molar-refractivity contribution in [1.29, 1.82) is 0 Å². The molecule has 0 unspecified atom stereocenters. The van der Waals surface area contributed by atoms with Crippen LogP contribution in [0, 0.1) is 6.92 Å². The van der Waals surface area contributed by atoms with Gasteiger partial charge >= 0.3 is 0 Å². The van der Waals surface area contributed by atoms with Gasteiger partial charge in [0, 0.05) is 16.3 Å². The van der Waals surface area contributed by atoms with E-state index in [1.165, 1.54) is 24.3 Å². The van der Waals surface area contributed by atoms with Gasteiger partial charge in [-0.05, 0) is 64.8 Å². The standard InChI is InChI=1S/C15H14BrNO3S/c1-10-3-8-13(16)14(9-10)17-15(18)11-4-6-12(7-5-11)21(2,19)20/h3-9H,1-2H3,(H,17,18). The number of sulfone groups is 1. The highest BCUT2D eigenvalue weighted by molar-refractivity contribution is 9.10. The van der Waals surface area contributed by atoms with E-state index in [0.29, 0.717) is 11.3 Å². The fraction of sp³-hybridized carbons (Fsp3) is 0.133. The van der Waals surface area contributed by atoms with Crippen LogP contribution in [0.5, 0.6) is 0 Å². The van der Waals surface area contributed by atoms with E-state index >= 15 is 0 Å².